The van der Waals surface area contributed by atoms with Crippen LogP contribution in [0.25, 0.3) is 0 Å². The summed E-state index contributed by atoms with van der Waals surface area (Å²) in [5.41, 5.74) is 7.73. The molecule has 1 aliphatic heterocycles. The van der Waals surface area contributed by atoms with Gasteiger partial charge in [-0.25, -0.2) is 0 Å². The topological polar surface area (TPSA) is 106 Å². The first-order valence-corrected chi connectivity index (χ1v) is 16.1. The fraction of sp³-hybridized carbons (Fsp3) is 0.774. The van der Waals surface area contributed by atoms with E-state index in [1.54, 1.807) is 14.2 Å². The maximum atomic E-state index is 13.0. The predicted molar refractivity (Wildman–Crippen MR) is 165 cm³/mol. The summed E-state index contributed by atoms with van der Waals surface area (Å²) in [6, 6.07) is 5.66. The largest absolute Gasteiger partial charge is 0.493 e. The number of aliphatic hydroxyl groups is 1. The maximum absolute atomic E-state index is 13.0. The molecular weight excluding hydrogens is 526 g/mol. The molecule has 0 aromatic heterocycles. The normalized spacial score (nSPS) is 17.4. The molecule has 40 heavy (non-hydrogen) atoms. The first kappa shape index (κ1) is 34.7. The zero-order valence-electron chi connectivity index (χ0n) is 25.7. The van der Waals surface area contributed by atoms with E-state index in [4.69, 9.17) is 19.9 Å². The molecule has 4 N–H and O–H groups in total. The second-order valence-corrected chi connectivity index (χ2v) is 12.9. The molecule has 9 heteroatoms. The van der Waals surface area contributed by atoms with E-state index in [1.807, 2.05) is 37.7 Å². The monoisotopic (exact) mass is 581 g/mol. The number of carbonyl (C=O) groups is 1. The molecule has 8 nitrogen and oxygen atoms in total. The average molecular weight is 582 g/mol. The highest BCUT2D eigenvalue weighted by molar-refractivity contribution is 7.99. The molecule has 1 aromatic carbocycles. The number of hydrogen-bond acceptors (Lipinski definition) is 8. The molecule has 0 spiro atoms. The van der Waals surface area contributed by atoms with Gasteiger partial charge in [0, 0.05) is 69.8 Å². The van der Waals surface area contributed by atoms with Gasteiger partial charge in [-0.05, 0) is 54.7 Å². The molecule has 1 aromatic rings. The van der Waals surface area contributed by atoms with E-state index in [-0.39, 0.29) is 23.7 Å². The van der Waals surface area contributed by atoms with E-state index in [9.17, 15) is 9.90 Å². The van der Waals surface area contributed by atoms with E-state index >= 15 is 0 Å². The van der Waals surface area contributed by atoms with Gasteiger partial charge in [0.2, 0.25) is 5.91 Å². The number of aliphatic hydroxyl groups excluding tert-OH is 1. The number of methoxy groups -OCH3 is 2. The molecule has 1 fully saturated rings. The summed E-state index contributed by atoms with van der Waals surface area (Å²) in [5.74, 6) is 4.28. The first-order valence-electron chi connectivity index (χ1n) is 15.0. The van der Waals surface area contributed by atoms with Gasteiger partial charge >= 0.3 is 0 Å². The van der Waals surface area contributed by atoms with Crippen LogP contribution in [0.3, 0.4) is 0 Å². The van der Waals surface area contributed by atoms with Crippen LogP contribution in [0, 0.1) is 23.7 Å². The van der Waals surface area contributed by atoms with Gasteiger partial charge < -0.3 is 30.4 Å². The van der Waals surface area contributed by atoms with Gasteiger partial charge in [-0.3, -0.25) is 9.69 Å². The number of carbonyl (C=O) groups excluding carboxylic acids is 1. The number of hydrogen-bond donors (Lipinski definition) is 3. The summed E-state index contributed by atoms with van der Waals surface area (Å²) < 4.78 is 16.6. The Morgan fingerprint density at radius 2 is 1.80 bits per heavy atom. The van der Waals surface area contributed by atoms with Crippen LogP contribution in [0.4, 0.5) is 0 Å². The lowest BCUT2D eigenvalue weighted by molar-refractivity contribution is -0.127. The molecule has 0 bridgehead atoms. The number of nitrogens with zero attached hydrogens (tertiary/aromatic N) is 1. The lowest BCUT2D eigenvalue weighted by atomic mass is 9.81. The minimum Gasteiger partial charge on any atom is -0.493 e. The molecule has 0 saturated carbocycles. The SMILES string of the molecule is COCCCOc1cc(C[C@@H](C[C@H](N)[C@@H](O)C[C@H](C(=O)NCCN2CCSCC2)C(C)C)C(C)C)ccc1OC. The van der Waals surface area contributed by atoms with Crippen molar-refractivity contribution in [2.45, 2.75) is 65.5 Å². The van der Waals surface area contributed by atoms with Crippen LogP contribution in [0.1, 0.15) is 52.5 Å². The highest BCUT2D eigenvalue weighted by atomic mass is 32.2. The summed E-state index contributed by atoms with van der Waals surface area (Å²) >= 11 is 1.99. The molecule has 0 aliphatic carbocycles. The molecule has 1 heterocycles. The van der Waals surface area contributed by atoms with E-state index in [0.717, 1.165) is 55.3 Å². The van der Waals surface area contributed by atoms with Crippen molar-refractivity contribution < 1.29 is 24.1 Å². The van der Waals surface area contributed by atoms with Gasteiger partial charge in [0.15, 0.2) is 11.5 Å². The maximum Gasteiger partial charge on any atom is 0.223 e. The van der Waals surface area contributed by atoms with Gasteiger partial charge in [-0.15, -0.1) is 0 Å². The number of rotatable bonds is 19. The number of benzene rings is 1. The highest BCUT2D eigenvalue weighted by Crippen LogP contribution is 2.31. The second kappa shape index (κ2) is 18.8. The number of nitrogens with one attached hydrogen (secondary N) is 1. The summed E-state index contributed by atoms with van der Waals surface area (Å²) in [7, 11) is 3.33. The third-order valence-electron chi connectivity index (χ3n) is 7.96. The van der Waals surface area contributed by atoms with Crippen LogP contribution in [-0.2, 0) is 16.0 Å². The second-order valence-electron chi connectivity index (χ2n) is 11.7. The lowest BCUT2D eigenvalue weighted by Crippen LogP contribution is -2.44. The Hall–Kier alpha value is -1.52. The Balaban J connectivity index is 1.94. The Kier molecular flexibility index (Phi) is 16.3. The van der Waals surface area contributed by atoms with E-state index < -0.39 is 12.1 Å². The third-order valence-corrected chi connectivity index (χ3v) is 8.90. The summed E-state index contributed by atoms with van der Waals surface area (Å²) in [5, 5.41) is 14.2. The summed E-state index contributed by atoms with van der Waals surface area (Å²) in [4.78, 5) is 15.4. The molecular formula is C31H55N3O5S. The van der Waals surface area contributed by atoms with E-state index in [2.05, 4.69) is 30.1 Å². The zero-order valence-corrected chi connectivity index (χ0v) is 26.5. The molecule has 1 aliphatic rings. The minimum atomic E-state index is -0.742. The van der Waals surface area contributed by atoms with Crippen LogP contribution in [0.2, 0.25) is 0 Å². The van der Waals surface area contributed by atoms with Crippen LogP contribution in [0.15, 0.2) is 18.2 Å². The van der Waals surface area contributed by atoms with Crippen molar-refractivity contribution in [1.82, 2.24) is 10.2 Å². The smallest absolute Gasteiger partial charge is 0.223 e. The van der Waals surface area contributed by atoms with Crippen molar-refractivity contribution in [2.24, 2.45) is 29.4 Å². The van der Waals surface area contributed by atoms with Gasteiger partial charge in [-0.1, -0.05) is 33.8 Å². The molecule has 1 amide bonds. The van der Waals surface area contributed by atoms with E-state index in [0.29, 0.717) is 44.3 Å². The van der Waals surface area contributed by atoms with Crippen LogP contribution >= 0.6 is 11.8 Å². The fourth-order valence-electron chi connectivity index (χ4n) is 5.16. The predicted octanol–water partition coefficient (Wildman–Crippen LogP) is 3.83. The third kappa shape index (κ3) is 12.1. The molecule has 230 valence electrons. The van der Waals surface area contributed by atoms with Crippen LogP contribution < -0.4 is 20.5 Å². The van der Waals surface area contributed by atoms with Gasteiger partial charge in [0.1, 0.15) is 0 Å². The Morgan fingerprint density at radius 1 is 1.07 bits per heavy atom. The van der Waals surface area contributed by atoms with Gasteiger partial charge in [0.05, 0.1) is 19.8 Å². The minimum absolute atomic E-state index is 0.0179. The number of thioether (sulfide) groups is 1. The van der Waals surface area contributed by atoms with Crippen LogP contribution in [0.5, 0.6) is 11.5 Å². The standard InChI is InChI=1S/C31H55N3O5S/c1-22(2)25(18-24-8-9-29(38-6)30(19-24)39-15-7-14-37-5)20-27(32)28(35)21-26(23(3)4)31(36)33-10-11-34-12-16-40-17-13-34/h8-9,19,22-23,25-28,35H,7,10-18,20-21,32H2,1-6H3,(H,33,36)/t25-,26-,27-,28-/m0/s1. The summed E-state index contributed by atoms with van der Waals surface area (Å²) in [6.07, 6.45) is 1.93. The quantitative estimate of drug-likeness (QED) is 0.212. The number of nitrogens with two attached hydrogens (primary N) is 1. The molecule has 4 atom stereocenters. The van der Waals surface area contributed by atoms with E-state index in [1.165, 1.54) is 0 Å². The Morgan fingerprint density at radius 3 is 2.42 bits per heavy atom. The lowest BCUT2D eigenvalue weighted by Gasteiger charge is -2.30. The van der Waals surface area contributed by atoms with Gasteiger partial charge in [0.25, 0.3) is 0 Å². The fourth-order valence-corrected chi connectivity index (χ4v) is 6.14. The molecule has 0 unspecified atom stereocenters. The summed E-state index contributed by atoms with van der Waals surface area (Å²) in [6.45, 7) is 13.4. The molecule has 0 radical (unpaired) electrons. The number of ether oxygens (including phenoxy) is 3. The van der Waals surface area contributed by atoms with Crippen molar-refractivity contribution in [1.29, 1.82) is 0 Å². The highest BCUT2D eigenvalue weighted by Gasteiger charge is 2.30. The Bertz CT molecular complexity index is 850. The zero-order chi connectivity index (χ0) is 29.5. The van der Waals surface area contributed by atoms with Crippen molar-refractivity contribution in [3.05, 3.63) is 23.8 Å². The average Bonchev–Trinajstić information content (AvgIpc) is 2.93. The Labute approximate surface area is 247 Å². The number of amides is 1. The molecule has 1 saturated heterocycles. The van der Waals surface area contributed by atoms with Crippen LogP contribution in [-0.4, -0.2) is 93.2 Å². The van der Waals surface area contributed by atoms with Gasteiger partial charge in [-0.2, -0.15) is 11.8 Å². The van der Waals surface area contributed by atoms with Crippen molar-refractivity contribution in [2.75, 3.05) is 65.1 Å². The first-order chi connectivity index (χ1) is 19.2. The molecule has 2 rings (SSSR count). The van der Waals surface area contributed by atoms with Crippen molar-refractivity contribution in [3.63, 3.8) is 0 Å². The van der Waals surface area contributed by atoms with Crippen molar-refractivity contribution in [3.8, 4) is 11.5 Å². The van der Waals surface area contributed by atoms with Crippen molar-refractivity contribution >= 4 is 17.7 Å².